The number of pyridine rings is 1. The average Bonchev–Trinajstić information content (AvgIpc) is 3.09. The Balaban J connectivity index is 1.68. The lowest BCUT2D eigenvalue weighted by Gasteiger charge is -2.04. The predicted molar refractivity (Wildman–Crippen MR) is 94.6 cm³/mol. The molecule has 25 heavy (non-hydrogen) atoms. The molecule has 0 fully saturated rings. The Labute approximate surface area is 151 Å². The molecule has 2 heterocycles. The van der Waals surface area contributed by atoms with Crippen molar-refractivity contribution >= 4 is 34.5 Å². The second-order valence-corrected chi connectivity index (χ2v) is 6.23. The molecule has 0 aliphatic rings. The Bertz CT molecular complexity index is 930. The van der Waals surface area contributed by atoms with E-state index >= 15 is 0 Å². The van der Waals surface area contributed by atoms with Crippen molar-refractivity contribution in [3.63, 3.8) is 0 Å². The lowest BCUT2D eigenvalue weighted by molar-refractivity contribution is -0.384. The number of nitrogens with zero attached hydrogens (tertiary/aromatic N) is 3. The predicted octanol–water partition coefficient (Wildman–Crippen LogP) is 3.70. The van der Waals surface area contributed by atoms with Gasteiger partial charge in [0.15, 0.2) is 0 Å². The molecule has 0 spiro atoms. The fraction of sp³-hybridized carbons (Fsp3) is 0.0625. The van der Waals surface area contributed by atoms with Gasteiger partial charge in [0, 0.05) is 23.2 Å². The van der Waals surface area contributed by atoms with E-state index in [1.807, 2.05) is 23.6 Å². The standard InChI is InChI=1S/C16H11ClN4O3S/c17-12-5-4-10(7-14(12)21(23)24)15(22)19-8-11-9-25-16(20-11)13-3-1-2-6-18-13/h1-7,9H,8H2,(H,19,22). The lowest BCUT2D eigenvalue weighted by Crippen LogP contribution is -2.23. The van der Waals surface area contributed by atoms with E-state index in [0.717, 1.165) is 16.8 Å². The number of nitro groups is 1. The van der Waals surface area contributed by atoms with Crippen molar-refractivity contribution in [3.05, 3.63) is 74.4 Å². The minimum Gasteiger partial charge on any atom is -0.346 e. The highest BCUT2D eigenvalue weighted by Gasteiger charge is 2.16. The van der Waals surface area contributed by atoms with Gasteiger partial charge in [0.1, 0.15) is 10.0 Å². The summed E-state index contributed by atoms with van der Waals surface area (Å²) in [7, 11) is 0. The summed E-state index contributed by atoms with van der Waals surface area (Å²) in [6, 6.07) is 9.47. The van der Waals surface area contributed by atoms with Crippen LogP contribution in [-0.4, -0.2) is 20.8 Å². The van der Waals surface area contributed by atoms with Crippen molar-refractivity contribution in [1.29, 1.82) is 0 Å². The topological polar surface area (TPSA) is 98.0 Å². The quantitative estimate of drug-likeness (QED) is 0.542. The number of halogens is 1. The van der Waals surface area contributed by atoms with Crippen LogP contribution >= 0.6 is 22.9 Å². The summed E-state index contributed by atoms with van der Waals surface area (Å²) in [5.41, 5.74) is 1.30. The van der Waals surface area contributed by atoms with Crippen LogP contribution in [0.25, 0.3) is 10.7 Å². The van der Waals surface area contributed by atoms with Crippen LogP contribution < -0.4 is 5.32 Å². The van der Waals surface area contributed by atoms with E-state index in [9.17, 15) is 14.9 Å². The smallest absolute Gasteiger partial charge is 0.288 e. The van der Waals surface area contributed by atoms with E-state index in [1.54, 1.807) is 6.20 Å². The molecule has 0 saturated carbocycles. The van der Waals surface area contributed by atoms with Crippen LogP contribution in [0.2, 0.25) is 5.02 Å². The van der Waals surface area contributed by atoms with Gasteiger partial charge in [-0.05, 0) is 24.3 Å². The fourth-order valence-corrected chi connectivity index (χ4v) is 3.04. The first-order chi connectivity index (χ1) is 12.0. The molecular weight excluding hydrogens is 364 g/mol. The molecule has 0 bridgehead atoms. The van der Waals surface area contributed by atoms with E-state index in [4.69, 9.17) is 11.6 Å². The van der Waals surface area contributed by atoms with E-state index in [0.29, 0.717) is 5.69 Å². The van der Waals surface area contributed by atoms with Crippen LogP contribution in [0.1, 0.15) is 16.1 Å². The molecular formula is C16H11ClN4O3S. The maximum atomic E-state index is 12.2. The van der Waals surface area contributed by atoms with Crippen LogP contribution in [0.3, 0.4) is 0 Å². The summed E-state index contributed by atoms with van der Waals surface area (Å²) in [6.07, 6.45) is 1.69. The largest absolute Gasteiger partial charge is 0.346 e. The highest BCUT2D eigenvalue weighted by atomic mass is 35.5. The first-order valence-corrected chi connectivity index (χ1v) is 8.38. The van der Waals surface area contributed by atoms with E-state index in [1.165, 1.54) is 23.5 Å². The van der Waals surface area contributed by atoms with Crippen molar-refractivity contribution in [3.8, 4) is 10.7 Å². The number of thiazole rings is 1. The first kappa shape index (κ1) is 17.0. The number of nitro benzene ring substituents is 1. The second kappa shape index (κ2) is 7.37. The van der Waals surface area contributed by atoms with Gasteiger partial charge in [-0.3, -0.25) is 19.9 Å². The minimum atomic E-state index is -0.626. The number of nitrogens with one attached hydrogen (secondary N) is 1. The van der Waals surface area contributed by atoms with Crippen molar-refractivity contribution in [2.24, 2.45) is 0 Å². The Morgan fingerprint density at radius 2 is 2.16 bits per heavy atom. The van der Waals surface area contributed by atoms with Gasteiger partial charge in [-0.25, -0.2) is 4.98 Å². The Kier molecular flexibility index (Phi) is 5.01. The molecule has 1 aromatic carbocycles. The normalized spacial score (nSPS) is 10.4. The van der Waals surface area contributed by atoms with Crippen LogP contribution in [0, 0.1) is 10.1 Å². The number of amides is 1. The van der Waals surface area contributed by atoms with E-state index < -0.39 is 10.8 Å². The SMILES string of the molecule is O=C(NCc1csc(-c2ccccn2)n1)c1ccc(Cl)c([N+](=O)[O-])c1. The van der Waals surface area contributed by atoms with Gasteiger partial charge < -0.3 is 5.32 Å². The maximum absolute atomic E-state index is 12.2. The van der Waals surface area contributed by atoms with E-state index in [2.05, 4.69) is 15.3 Å². The summed E-state index contributed by atoms with van der Waals surface area (Å²) in [4.78, 5) is 31.1. The summed E-state index contributed by atoms with van der Waals surface area (Å²) in [5.74, 6) is -0.438. The number of hydrogen-bond donors (Lipinski definition) is 1. The van der Waals surface area contributed by atoms with Crippen LogP contribution in [-0.2, 0) is 6.54 Å². The van der Waals surface area contributed by atoms with Crippen LogP contribution in [0.5, 0.6) is 0 Å². The molecule has 0 aliphatic heterocycles. The van der Waals surface area contributed by atoms with E-state index in [-0.39, 0.29) is 22.8 Å². The van der Waals surface area contributed by atoms with Crippen molar-refractivity contribution in [2.45, 2.75) is 6.54 Å². The Morgan fingerprint density at radius 1 is 1.32 bits per heavy atom. The fourth-order valence-electron chi connectivity index (χ4n) is 2.06. The monoisotopic (exact) mass is 374 g/mol. The molecule has 3 aromatic rings. The third kappa shape index (κ3) is 3.98. The van der Waals surface area contributed by atoms with Crippen molar-refractivity contribution < 1.29 is 9.72 Å². The maximum Gasteiger partial charge on any atom is 0.288 e. The Hall–Kier alpha value is -2.84. The van der Waals surface area contributed by atoms with Crippen molar-refractivity contribution in [2.75, 3.05) is 0 Å². The zero-order chi connectivity index (χ0) is 17.8. The van der Waals surface area contributed by atoms with Crippen LogP contribution in [0.4, 0.5) is 5.69 Å². The third-order valence-electron chi connectivity index (χ3n) is 3.27. The number of aromatic nitrogens is 2. The summed E-state index contributed by atoms with van der Waals surface area (Å²) in [5, 5.41) is 16.1. The molecule has 0 aliphatic carbocycles. The summed E-state index contributed by atoms with van der Waals surface area (Å²) in [6.45, 7) is 0.207. The first-order valence-electron chi connectivity index (χ1n) is 7.12. The average molecular weight is 375 g/mol. The van der Waals surface area contributed by atoms with Gasteiger partial charge in [0.2, 0.25) is 0 Å². The number of carbonyl (C=O) groups is 1. The zero-order valence-electron chi connectivity index (χ0n) is 12.7. The number of carbonyl (C=O) groups excluding carboxylic acids is 1. The summed E-state index contributed by atoms with van der Waals surface area (Å²) < 4.78 is 0. The zero-order valence-corrected chi connectivity index (χ0v) is 14.3. The molecule has 0 unspecified atom stereocenters. The van der Waals surface area contributed by atoms with Gasteiger partial charge in [-0.2, -0.15) is 0 Å². The molecule has 0 atom stereocenters. The number of hydrogen-bond acceptors (Lipinski definition) is 6. The summed E-state index contributed by atoms with van der Waals surface area (Å²) >= 11 is 7.17. The molecule has 3 rings (SSSR count). The van der Waals surface area contributed by atoms with Crippen LogP contribution in [0.15, 0.2) is 48.0 Å². The molecule has 9 heteroatoms. The van der Waals surface area contributed by atoms with Gasteiger partial charge in [-0.15, -0.1) is 11.3 Å². The molecule has 0 saturated heterocycles. The highest BCUT2D eigenvalue weighted by molar-refractivity contribution is 7.13. The molecule has 0 radical (unpaired) electrons. The molecule has 2 aromatic heterocycles. The van der Waals surface area contributed by atoms with Gasteiger partial charge >= 0.3 is 0 Å². The Morgan fingerprint density at radius 3 is 2.88 bits per heavy atom. The van der Waals surface area contributed by atoms with Crippen molar-refractivity contribution in [1.82, 2.24) is 15.3 Å². The second-order valence-electron chi connectivity index (χ2n) is 4.96. The third-order valence-corrected chi connectivity index (χ3v) is 4.50. The molecule has 7 nitrogen and oxygen atoms in total. The number of rotatable bonds is 5. The molecule has 126 valence electrons. The highest BCUT2D eigenvalue weighted by Crippen LogP contribution is 2.25. The van der Waals surface area contributed by atoms with Gasteiger partial charge in [0.25, 0.3) is 11.6 Å². The molecule has 1 N–H and O–H groups in total. The van der Waals surface area contributed by atoms with Gasteiger partial charge in [0.05, 0.1) is 22.9 Å². The lowest BCUT2D eigenvalue weighted by atomic mass is 10.2. The van der Waals surface area contributed by atoms with Gasteiger partial charge in [-0.1, -0.05) is 17.7 Å². The molecule has 1 amide bonds. The minimum absolute atomic E-state index is 0.0129. The number of benzene rings is 1.